The molecule has 2 aromatic rings. The highest BCUT2D eigenvalue weighted by Gasteiger charge is 2.48. The van der Waals surface area contributed by atoms with Gasteiger partial charge in [0.05, 0.1) is 12.7 Å². The van der Waals surface area contributed by atoms with Crippen molar-refractivity contribution < 1.29 is 44.9 Å². The molecule has 0 aromatic heterocycles. The maximum absolute atomic E-state index is 13.6. The molecule has 2 aliphatic rings. The normalized spacial score (nSPS) is 20.4. The SMILES string of the molecule is COC(=O)c1ccc(-c2cc(Cl)c(C[C@@H]3CCN(C4CCC(O[Si](C(C)C)(C(C)C)C(C)C)CC4)C3=O)c(Cl)c2)cc1.O=S(=O)(O)C(F)(F)F. The fourth-order valence-electron chi connectivity index (χ4n) is 7.61. The van der Waals surface area contributed by atoms with Gasteiger partial charge in [-0.2, -0.15) is 21.6 Å². The number of carbonyl (C=O) groups is 2. The fourth-order valence-corrected chi connectivity index (χ4v) is 13.9. The highest BCUT2D eigenvalue weighted by molar-refractivity contribution is 7.86. The first-order chi connectivity index (χ1) is 23.1. The van der Waals surface area contributed by atoms with E-state index in [2.05, 4.69) is 46.4 Å². The Bertz CT molecular complexity index is 1550. The second kappa shape index (κ2) is 17.1. The van der Waals surface area contributed by atoms with Gasteiger partial charge in [-0.05, 0) is 96.1 Å². The van der Waals surface area contributed by atoms with Crippen LogP contribution in [-0.4, -0.2) is 69.4 Å². The van der Waals surface area contributed by atoms with E-state index in [1.165, 1.54) is 7.11 Å². The van der Waals surface area contributed by atoms with Gasteiger partial charge in [0, 0.05) is 34.7 Å². The molecule has 2 aromatic carbocycles. The second-order valence-electron chi connectivity index (χ2n) is 14.0. The van der Waals surface area contributed by atoms with E-state index in [1.807, 2.05) is 24.3 Å². The van der Waals surface area contributed by atoms with Crippen LogP contribution >= 0.6 is 23.2 Å². The zero-order chi connectivity index (χ0) is 37.8. The van der Waals surface area contributed by atoms with E-state index in [9.17, 15) is 22.8 Å². The molecule has 0 bridgehead atoms. The summed E-state index contributed by atoms with van der Waals surface area (Å²) in [5.74, 6) is -0.261. The Morgan fingerprint density at radius 1 is 0.920 bits per heavy atom. The summed E-state index contributed by atoms with van der Waals surface area (Å²) in [5, 5.41) is 1.12. The second-order valence-corrected chi connectivity index (χ2v) is 21.6. The Labute approximate surface area is 304 Å². The zero-order valence-corrected chi connectivity index (χ0v) is 32.8. The maximum atomic E-state index is 13.6. The van der Waals surface area contributed by atoms with Crippen LogP contribution in [0.5, 0.6) is 0 Å². The Morgan fingerprint density at radius 2 is 1.40 bits per heavy atom. The van der Waals surface area contributed by atoms with Crippen LogP contribution in [0, 0.1) is 5.92 Å². The number of halogens is 5. The summed E-state index contributed by atoms with van der Waals surface area (Å²) >= 11 is 13.5. The third-order valence-electron chi connectivity index (χ3n) is 10.0. The summed E-state index contributed by atoms with van der Waals surface area (Å²) in [6.45, 7) is 14.9. The quantitative estimate of drug-likeness (QED) is 0.111. The zero-order valence-electron chi connectivity index (χ0n) is 29.5. The first kappa shape index (κ1) is 42.3. The molecule has 1 N–H and O–H groups in total. The Morgan fingerprint density at radius 3 is 1.82 bits per heavy atom. The van der Waals surface area contributed by atoms with Crippen LogP contribution in [0.15, 0.2) is 36.4 Å². The number of ether oxygens (including phenoxy) is 1. The first-order valence-electron chi connectivity index (χ1n) is 16.8. The molecule has 50 heavy (non-hydrogen) atoms. The Kier molecular flexibility index (Phi) is 14.5. The van der Waals surface area contributed by atoms with E-state index < -0.39 is 23.9 Å². The summed E-state index contributed by atoms with van der Waals surface area (Å²) in [7, 11) is -6.38. The van der Waals surface area contributed by atoms with Gasteiger partial charge in [-0.1, -0.05) is 76.9 Å². The number of esters is 1. The topological polar surface area (TPSA) is 110 Å². The van der Waals surface area contributed by atoms with Gasteiger partial charge in [-0.25, -0.2) is 4.79 Å². The molecule has 1 aliphatic heterocycles. The number of hydrogen-bond donors (Lipinski definition) is 1. The first-order valence-corrected chi connectivity index (χ1v) is 21.2. The number of nitrogens with zero attached hydrogens (tertiary/aromatic N) is 1. The van der Waals surface area contributed by atoms with Crippen molar-refractivity contribution >= 4 is 53.5 Å². The van der Waals surface area contributed by atoms with Crippen LogP contribution < -0.4 is 0 Å². The molecule has 1 atom stereocenters. The molecule has 15 heteroatoms. The molecular formula is C35H48Cl2F3NO7SSi. The average molecular weight is 783 g/mol. The van der Waals surface area contributed by atoms with Crippen LogP contribution in [0.4, 0.5) is 13.2 Å². The van der Waals surface area contributed by atoms with E-state index in [0.29, 0.717) is 44.8 Å². The number of carbonyl (C=O) groups excluding carboxylic acids is 2. The predicted octanol–water partition coefficient (Wildman–Crippen LogP) is 9.74. The van der Waals surface area contributed by atoms with E-state index in [0.717, 1.165) is 55.3 Å². The summed E-state index contributed by atoms with van der Waals surface area (Å²) < 4.78 is 69.4. The molecule has 8 nitrogen and oxygen atoms in total. The van der Waals surface area contributed by atoms with E-state index in [4.69, 9.17) is 45.3 Å². The maximum Gasteiger partial charge on any atom is 0.522 e. The molecule has 0 spiro atoms. The van der Waals surface area contributed by atoms with Crippen molar-refractivity contribution in [3.05, 3.63) is 57.6 Å². The molecule has 1 aliphatic carbocycles. The number of benzene rings is 2. The van der Waals surface area contributed by atoms with Crippen molar-refractivity contribution in [2.45, 2.75) is 114 Å². The van der Waals surface area contributed by atoms with E-state index in [1.54, 1.807) is 12.1 Å². The van der Waals surface area contributed by atoms with Gasteiger partial charge in [0.25, 0.3) is 0 Å². The highest BCUT2D eigenvalue weighted by Crippen LogP contribution is 2.45. The summed E-state index contributed by atoms with van der Waals surface area (Å²) in [6, 6.07) is 11.2. The van der Waals surface area contributed by atoms with Gasteiger partial charge in [-0.3, -0.25) is 9.35 Å². The van der Waals surface area contributed by atoms with Crippen molar-refractivity contribution in [1.82, 2.24) is 4.90 Å². The molecule has 4 rings (SSSR count). The van der Waals surface area contributed by atoms with E-state index in [-0.39, 0.29) is 23.8 Å². The molecule has 2 fully saturated rings. The number of amides is 1. The smallest absolute Gasteiger partial charge is 0.465 e. The van der Waals surface area contributed by atoms with Crippen molar-refractivity contribution in [3.8, 4) is 11.1 Å². The van der Waals surface area contributed by atoms with Crippen LogP contribution in [0.25, 0.3) is 11.1 Å². The van der Waals surface area contributed by atoms with Crippen molar-refractivity contribution in [1.29, 1.82) is 0 Å². The third-order valence-corrected chi connectivity index (χ3v) is 17.5. The van der Waals surface area contributed by atoms with Gasteiger partial charge in [0.2, 0.25) is 14.2 Å². The molecule has 1 saturated heterocycles. The number of likely N-dealkylation sites (tertiary alicyclic amines) is 1. The van der Waals surface area contributed by atoms with Gasteiger partial charge in [0.1, 0.15) is 0 Å². The lowest BCUT2D eigenvalue weighted by molar-refractivity contribution is -0.133. The minimum atomic E-state index is -5.84. The van der Waals surface area contributed by atoms with Gasteiger partial charge >= 0.3 is 21.6 Å². The van der Waals surface area contributed by atoms with E-state index >= 15 is 0 Å². The van der Waals surface area contributed by atoms with Gasteiger partial charge in [-0.15, -0.1) is 0 Å². The number of methoxy groups -OCH3 is 1. The fraction of sp³-hybridized carbons (Fsp3) is 0.600. The van der Waals surface area contributed by atoms with Crippen LogP contribution in [-0.2, 0) is 30.5 Å². The highest BCUT2D eigenvalue weighted by atomic mass is 35.5. The Balaban J connectivity index is 0.000000753. The lowest BCUT2D eigenvalue weighted by Crippen LogP contribution is -2.51. The molecule has 280 valence electrons. The largest absolute Gasteiger partial charge is 0.522 e. The predicted molar refractivity (Wildman–Crippen MR) is 193 cm³/mol. The molecule has 1 saturated carbocycles. The van der Waals surface area contributed by atoms with Gasteiger partial charge in [0.15, 0.2) is 0 Å². The number of hydrogen-bond acceptors (Lipinski definition) is 6. The monoisotopic (exact) mass is 781 g/mol. The number of alkyl halides is 3. The third kappa shape index (κ3) is 9.83. The van der Waals surface area contributed by atoms with Crippen LogP contribution in [0.2, 0.25) is 26.7 Å². The molecule has 1 amide bonds. The summed E-state index contributed by atoms with van der Waals surface area (Å²) in [4.78, 5) is 27.5. The molecule has 0 radical (unpaired) electrons. The number of rotatable bonds is 10. The lowest BCUT2D eigenvalue weighted by Gasteiger charge is -2.46. The standard InChI is InChI=1S/C34H47Cl2NO4Si.CHF3O3S/c1-21(2)42(22(3)4,23(5)6)41-29-14-12-28(13-15-29)37-17-16-26(33(37)38)18-30-31(35)19-27(20-32(30)36)24-8-10-25(11-9-24)34(39)40-7;2-1(3,4)8(5,6)7/h8-11,19-23,26,28-29H,12-18H2,1-7H3;(H,5,6,7)/t26-,28?,29?;/m0./s1. The summed E-state index contributed by atoms with van der Waals surface area (Å²) in [6.07, 6.45) is 5.74. The van der Waals surface area contributed by atoms with Crippen molar-refractivity contribution in [2.24, 2.45) is 5.92 Å². The molecule has 1 heterocycles. The molecular weight excluding hydrogens is 734 g/mol. The minimum Gasteiger partial charge on any atom is -0.465 e. The van der Waals surface area contributed by atoms with Crippen molar-refractivity contribution in [2.75, 3.05) is 13.7 Å². The molecule has 0 unspecified atom stereocenters. The average Bonchev–Trinajstić information content (AvgIpc) is 3.39. The summed E-state index contributed by atoms with van der Waals surface area (Å²) in [5.41, 5.74) is -0.728. The van der Waals surface area contributed by atoms with Crippen LogP contribution in [0.1, 0.15) is 89.6 Å². The van der Waals surface area contributed by atoms with Gasteiger partial charge < -0.3 is 14.1 Å². The van der Waals surface area contributed by atoms with Crippen LogP contribution in [0.3, 0.4) is 0 Å². The lowest BCUT2D eigenvalue weighted by atomic mass is 9.92. The van der Waals surface area contributed by atoms with Crippen molar-refractivity contribution in [3.63, 3.8) is 0 Å². The minimum absolute atomic E-state index is 0.109. The Hall–Kier alpha value is -2.16.